The van der Waals surface area contributed by atoms with Gasteiger partial charge in [-0.15, -0.1) is 0 Å². The third-order valence-electron chi connectivity index (χ3n) is 1.76. The Bertz CT molecular complexity index is 448. The molecule has 1 heterocycles. The molecule has 5 N–H and O–H groups in total. The number of aliphatic hydroxyl groups is 1. The van der Waals surface area contributed by atoms with E-state index in [9.17, 15) is 14.2 Å². The number of hydrogen-bond acceptors (Lipinski definition) is 5. The first-order valence-electron chi connectivity index (χ1n) is 3.70. The van der Waals surface area contributed by atoms with Gasteiger partial charge in [0.2, 0.25) is 0 Å². The predicted molar refractivity (Wildman–Crippen MR) is 50.0 cm³/mol. The van der Waals surface area contributed by atoms with Gasteiger partial charge in [0, 0.05) is 35.0 Å². The van der Waals surface area contributed by atoms with Gasteiger partial charge in [-0.25, -0.2) is 9.97 Å². The maximum atomic E-state index is 11.0. The molecule has 0 atom stereocenters. The number of rotatable bonds is 3. The summed E-state index contributed by atoms with van der Waals surface area (Å²) in [6.45, 7) is 0. The van der Waals surface area contributed by atoms with Crippen molar-refractivity contribution in [2.45, 2.75) is 5.08 Å². The first-order valence-corrected chi connectivity index (χ1v) is 6.92. The molecule has 1 aromatic heterocycles. The zero-order valence-corrected chi connectivity index (χ0v) is 10.6. The second-order valence-electron chi connectivity index (χ2n) is 2.85. The second-order valence-corrected chi connectivity index (χ2v) is 6.67. The quantitative estimate of drug-likeness (QED) is 0.342. The average molecular weight is 334 g/mol. The molecule has 0 aliphatic carbocycles. The Kier molecular flexibility index (Phi) is 5.19. The third kappa shape index (κ3) is 3.00. The number of hydrogen-bond donors (Lipinski definition) is 5. The molecule has 1 radical (unpaired) electrons. The van der Waals surface area contributed by atoms with E-state index >= 15 is 0 Å². The molecule has 0 bridgehead atoms. The molecule has 9 nitrogen and oxygen atoms in total. The van der Waals surface area contributed by atoms with Crippen molar-refractivity contribution in [3.63, 3.8) is 0 Å². The second kappa shape index (κ2) is 5.24. The minimum atomic E-state index is -5.52. The number of aromatic nitrogens is 2. The monoisotopic (exact) mass is 333 g/mol. The average Bonchev–Trinajstić information content (AvgIpc) is 2.14. The smallest absolute Gasteiger partial charge is 0.364 e. The van der Waals surface area contributed by atoms with E-state index in [1.54, 1.807) is 0 Å². The molecule has 12 heteroatoms. The summed E-state index contributed by atoms with van der Waals surface area (Å²) in [5.74, 6) is 0. The Balaban J connectivity index is 0.00000256. The zero-order chi connectivity index (χ0) is 12.6. The molecule has 0 aliphatic rings. The van der Waals surface area contributed by atoms with Gasteiger partial charge in [-0.05, 0) is 0 Å². The van der Waals surface area contributed by atoms with Crippen molar-refractivity contribution < 1.29 is 50.9 Å². The fraction of sp³-hybridized carbons (Fsp3) is 0.200. The van der Waals surface area contributed by atoms with Gasteiger partial charge >= 0.3 is 15.2 Å². The van der Waals surface area contributed by atoms with Crippen LogP contribution in [0.4, 0.5) is 0 Å². The van der Waals surface area contributed by atoms with E-state index in [1.165, 1.54) is 0 Å². The molecule has 1 rings (SSSR count). The Morgan fingerprint density at radius 2 is 1.35 bits per heavy atom. The van der Waals surface area contributed by atoms with Gasteiger partial charge in [0.15, 0.2) is 0 Å². The van der Waals surface area contributed by atoms with Gasteiger partial charge in [-0.1, -0.05) is 0 Å². The molecule has 17 heavy (non-hydrogen) atoms. The third-order valence-corrected chi connectivity index (χ3v) is 5.46. The largest absolute Gasteiger partial charge is 0.374 e. The SMILES string of the molecule is O=P(O)(O)C(O)(c1cncnc1)P(=O)(O)O.[Cu]. The van der Waals surface area contributed by atoms with Crippen LogP contribution in [0.2, 0.25) is 0 Å². The van der Waals surface area contributed by atoms with Crippen molar-refractivity contribution in [2.24, 2.45) is 0 Å². The van der Waals surface area contributed by atoms with Crippen molar-refractivity contribution in [1.29, 1.82) is 0 Å². The topological polar surface area (TPSA) is 161 Å². The van der Waals surface area contributed by atoms with E-state index in [0.717, 1.165) is 6.33 Å². The summed E-state index contributed by atoms with van der Waals surface area (Å²) in [6, 6.07) is 0. The molecule has 0 aromatic carbocycles. The first-order chi connectivity index (χ1) is 7.11. The Hall–Kier alpha value is -0.141. The van der Waals surface area contributed by atoms with Crippen LogP contribution in [0.25, 0.3) is 0 Å². The van der Waals surface area contributed by atoms with E-state index in [4.69, 9.17) is 19.6 Å². The standard InChI is InChI=1S/C5H8N2O7P2.Cu/c8-5(15(9,10)11,16(12,13)14)4-1-6-3-7-2-4;/h1-3,8H,(H2,9,10,11)(H2,12,13,14);. The van der Waals surface area contributed by atoms with E-state index in [2.05, 4.69) is 9.97 Å². The van der Waals surface area contributed by atoms with E-state index in [1.807, 2.05) is 0 Å². The molecule has 0 aliphatic heterocycles. The van der Waals surface area contributed by atoms with Crippen LogP contribution in [-0.2, 0) is 31.3 Å². The summed E-state index contributed by atoms with van der Waals surface area (Å²) < 4.78 is 22.0. The van der Waals surface area contributed by atoms with Gasteiger partial charge in [0.25, 0.3) is 5.08 Å². The molecular formula is C5H8CuN2O7P2. The maximum absolute atomic E-state index is 11.0. The first kappa shape index (κ1) is 16.9. The summed E-state index contributed by atoms with van der Waals surface area (Å²) in [4.78, 5) is 42.0. The fourth-order valence-electron chi connectivity index (χ4n) is 0.978. The van der Waals surface area contributed by atoms with Gasteiger partial charge in [-0.3, -0.25) is 9.13 Å². The summed E-state index contributed by atoms with van der Waals surface area (Å²) in [5, 5.41) is 5.93. The van der Waals surface area contributed by atoms with Crippen molar-refractivity contribution in [3.8, 4) is 0 Å². The normalized spacial score (nSPS) is 13.0. The van der Waals surface area contributed by atoms with Crippen LogP contribution >= 0.6 is 15.2 Å². The summed E-state index contributed by atoms with van der Waals surface area (Å²) in [5.41, 5.74) is -0.753. The Morgan fingerprint density at radius 1 is 1.00 bits per heavy atom. The van der Waals surface area contributed by atoms with E-state index < -0.39 is 25.8 Å². The fourth-order valence-corrected chi connectivity index (χ4v) is 3.24. The van der Waals surface area contributed by atoms with Crippen LogP contribution in [0.5, 0.6) is 0 Å². The van der Waals surface area contributed by atoms with E-state index in [0.29, 0.717) is 12.4 Å². The van der Waals surface area contributed by atoms with Crippen LogP contribution in [0.15, 0.2) is 18.7 Å². The molecular weight excluding hydrogens is 326 g/mol. The molecule has 0 unspecified atom stereocenters. The summed E-state index contributed by atoms with van der Waals surface area (Å²) >= 11 is 0. The van der Waals surface area contributed by atoms with Crippen LogP contribution in [0, 0.1) is 0 Å². The molecule has 0 spiro atoms. The minimum absolute atomic E-state index is 0. The van der Waals surface area contributed by atoms with Crippen LogP contribution in [0.1, 0.15) is 5.56 Å². The van der Waals surface area contributed by atoms with Crippen LogP contribution in [-0.4, -0.2) is 34.6 Å². The Labute approximate surface area is 106 Å². The van der Waals surface area contributed by atoms with Gasteiger partial charge in [0.05, 0.1) is 0 Å². The maximum Gasteiger partial charge on any atom is 0.374 e. The van der Waals surface area contributed by atoms with E-state index in [-0.39, 0.29) is 17.1 Å². The predicted octanol–water partition coefficient (Wildman–Crippen LogP) is -1.07. The molecule has 0 fully saturated rings. The summed E-state index contributed by atoms with van der Waals surface area (Å²) in [6.07, 6.45) is 2.40. The number of nitrogens with zero attached hydrogens (tertiary/aromatic N) is 2. The van der Waals surface area contributed by atoms with Crippen LogP contribution < -0.4 is 0 Å². The molecule has 0 amide bonds. The van der Waals surface area contributed by atoms with Gasteiger partial charge in [-0.2, -0.15) is 0 Å². The summed E-state index contributed by atoms with van der Waals surface area (Å²) in [7, 11) is -11.0. The Morgan fingerprint density at radius 3 is 1.65 bits per heavy atom. The molecule has 1 aromatic rings. The molecule has 0 saturated carbocycles. The van der Waals surface area contributed by atoms with Gasteiger partial charge in [0.1, 0.15) is 6.33 Å². The van der Waals surface area contributed by atoms with Crippen LogP contribution in [0.3, 0.4) is 0 Å². The molecule has 101 valence electrons. The van der Waals surface area contributed by atoms with Gasteiger partial charge < -0.3 is 24.7 Å². The minimum Gasteiger partial charge on any atom is -0.364 e. The van der Waals surface area contributed by atoms with Crippen molar-refractivity contribution >= 4 is 15.2 Å². The van der Waals surface area contributed by atoms with Crippen molar-refractivity contribution in [2.75, 3.05) is 0 Å². The molecule has 0 saturated heterocycles. The van der Waals surface area contributed by atoms with Crippen molar-refractivity contribution in [3.05, 3.63) is 24.3 Å². The van der Waals surface area contributed by atoms with Crippen molar-refractivity contribution in [1.82, 2.24) is 9.97 Å². The zero-order valence-electron chi connectivity index (χ0n) is 7.87.